The van der Waals surface area contributed by atoms with E-state index in [1.54, 1.807) is 24.7 Å². The molecular formula is C24H27FN4O. The van der Waals surface area contributed by atoms with Crippen molar-refractivity contribution in [1.82, 2.24) is 20.2 Å². The van der Waals surface area contributed by atoms with Crippen LogP contribution in [0.25, 0.3) is 27.7 Å². The SMILES string of the molecule is C=C(c1cnc(-c2cc3ccncc3cc2O)nn1)[C@@H]1CCCC[C@](C)(CC)[C@H]1F. The van der Waals surface area contributed by atoms with Gasteiger partial charge in [-0.25, -0.2) is 9.37 Å². The minimum Gasteiger partial charge on any atom is -0.507 e. The van der Waals surface area contributed by atoms with Gasteiger partial charge < -0.3 is 5.11 Å². The van der Waals surface area contributed by atoms with E-state index in [9.17, 15) is 5.11 Å². The van der Waals surface area contributed by atoms with Crippen molar-refractivity contribution < 1.29 is 9.50 Å². The van der Waals surface area contributed by atoms with Gasteiger partial charge in [-0.2, -0.15) is 0 Å². The first-order valence-corrected chi connectivity index (χ1v) is 10.5. The Hall–Kier alpha value is -2.89. The number of aromatic nitrogens is 4. The van der Waals surface area contributed by atoms with Gasteiger partial charge in [0.2, 0.25) is 0 Å². The number of pyridine rings is 1. The van der Waals surface area contributed by atoms with E-state index in [1.165, 1.54) is 0 Å². The topological polar surface area (TPSA) is 71.8 Å². The molecule has 2 heterocycles. The predicted octanol–water partition coefficient (Wildman–Crippen LogP) is 5.75. The van der Waals surface area contributed by atoms with Crippen molar-refractivity contribution in [3.63, 3.8) is 0 Å². The normalized spacial score (nSPS) is 24.5. The summed E-state index contributed by atoms with van der Waals surface area (Å²) in [4.78, 5) is 8.47. The van der Waals surface area contributed by atoms with Gasteiger partial charge in [0.1, 0.15) is 17.6 Å². The fourth-order valence-electron chi connectivity index (χ4n) is 4.42. The van der Waals surface area contributed by atoms with Crippen molar-refractivity contribution in [2.45, 2.75) is 52.1 Å². The molecule has 0 aliphatic heterocycles. The number of benzene rings is 1. The fourth-order valence-corrected chi connectivity index (χ4v) is 4.42. The van der Waals surface area contributed by atoms with Gasteiger partial charge in [0.05, 0.1) is 11.8 Å². The van der Waals surface area contributed by atoms with Crippen molar-refractivity contribution in [2.24, 2.45) is 11.3 Å². The van der Waals surface area contributed by atoms with E-state index in [2.05, 4.69) is 33.7 Å². The molecule has 30 heavy (non-hydrogen) atoms. The summed E-state index contributed by atoms with van der Waals surface area (Å²) in [5.74, 6) is 0.106. The average Bonchev–Trinajstić information content (AvgIpc) is 2.92. The average molecular weight is 407 g/mol. The highest BCUT2D eigenvalue weighted by Crippen LogP contribution is 2.46. The van der Waals surface area contributed by atoms with Crippen LogP contribution >= 0.6 is 0 Å². The Kier molecular flexibility index (Phi) is 5.50. The van der Waals surface area contributed by atoms with Crippen molar-refractivity contribution >= 4 is 16.3 Å². The van der Waals surface area contributed by atoms with Crippen LogP contribution < -0.4 is 0 Å². The Morgan fingerprint density at radius 1 is 1.23 bits per heavy atom. The second kappa shape index (κ2) is 8.09. The van der Waals surface area contributed by atoms with Crippen molar-refractivity contribution in [1.29, 1.82) is 0 Å². The van der Waals surface area contributed by atoms with Crippen molar-refractivity contribution in [3.05, 3.63) is 49.1 Å². The number of hydrogen-bond donors (Lipinski definition) is 1. The highest BCUT2D eigenvalue weighted by atomic mass is 19.1. The molecule has 1 fully saturated rings. The largest absolute Gasteiger partial charge is 0.507 e. The lowest BCUT2D eigenvalue weighted by Crippen LogP contribution is -2.33. The molecule has 3 atom stereocenters. The Morgan fingerprint density at radius 2 is 2.07 bits per heavy atom. The Labute approximate surface area is 176 Å². The van der Waals surface area contributed by atoms with E-state index < -0.39 is 6.17 Å². The smallest absolute Gasteiger partial charge is 0.185 e. The number of hydrogen-bond acceptors (Lipinski definition) is 5. The molecular weight excluding hydrogens is 379 g/mol. The summed E-state index contributed by atoms with van der Waals surface area (Å²) in [7, 11) is 0. The highest BCUT2D eigenvalue weighted by molar-refractivity contribution is 5.88. The quantitative estimate of drug-likeness (QED) is 0.559. The number of alkyl halides is 1. The van der Waals surface area contributed by atoms with Gasteiger partial charge in [-0.1, -0.05) is 33.3 Å². The van der Waals surface area contributed by atoms with E-state index >= 15 is 4.39 Å². The van der Waals surface area contributed by atoms with E-state index in [0.29, 0.717) is 22.7 Å². The third kappa shape index (κ3) is 3.66. The van der Waals surface area contributed by atoms with Crippen LogP contribution in [0.1, 0.15) is 51.6 Å². The minimum absolute atomic E-state index is 0.0650. The molecule has 1 aliphatic rings. The Balaban J connectivity index is 1.62. The van der Waals surface area contributed by atoms with Gasteiger partial charge in [-0.15, -0.1) is 10.2 Å². The number of allylic oxidation sites excluding steroid dienone is 1. The Bertz CT molecular complexity index is 1070. The molecule has 5 nitrogen and oxygen atoms in total. The summed E-state index contributed by atoms with van der Waals surface area (Å²) in [5, 5.41) is 20.7. The summed E-state index contributed by atoms with van der Waals surface area (Å²) in [6.07, 6.45) is 8.49. The zero-order valence-electron chi connectivity index (χ0n) is 17.5. The lowest BCUT2D eigenvalue weighted by molar-refractivity contribution is 0.0861. The highest BCUT2D eigenvalue weighted by Gasteiger charge is 2.41. The molecule has 1 saturated carbocycles. The monoisotopic (exact) mass is 406 g/mol. The van der Waals surface area contributed by atoms with Crippen LogP contribution in [0.5, 0.6) is 5.75 Å². The number of phenolic OH excluding ortho intramolecular Hbond substituents is 1. The summed E-state index contributed by atoms with van der Waals surface area (Å²) in [6, 6.07) is 5.31. The van der Waals surface area contributed by atoms with E-state index in [0.717, 1.165) is 42.9 Å². The maximum absolute atomic E-state index is 15.5. The molecule has 0 saturated heterocycles. The first kappa shape index (κ1) is 20.4. The van der Waals surface area contributed by atoms with Gasteiger partial charge in [0, 0.05) is 23.7 Å². The van der Waals surface area contributed by atoms with E-state index in [1.807, 2.05) is 19.1 Å². The number of phenols is 1. The standard InChI is InChI=1S/C24H27FN4O/c1-4-24(3)9-6-5-7-18(22(24)25)15(2)20-14-27-23(29-28-20)19-11-16-8-10-26-13-17(16)12-21(19)30/h8,10-14,18,22,30H,2,4-7,9H2,1,3H3/t18-,22-,24-/m0/s1. The van der Waals surface area contributed by atoms with Crippen LogP contribution in [0, 0.1) is 11.3 Å². The molecule has 0 spiro atoms. The summed E-state index contributed by atoms with van der Waals surface area (Å²) in [6.45, 7) is 8.25. The maximum atomic E-state index is 15.5. The lowest BCUT2D eigenvalue weighted by atomic mass is 9.73. The molecule has 156 valence electrons. The van der Waals surface area contributed by atoms with Crippen LogP contribution in [-0.2, 0) is 0 Å². The van der Waals surface area contributed by atoms with Crippen LogP contribution in [0.4, 0.5) is 4.39 Å². The summed E-state index contributed by atoms with van der Waals surface area (Å²) in [5.41, 5.74) is 1.33. The number of halogens is 1. The van der Waals surface area contributed by atoms with E-state index in [-0.39, 0.29) is 17.1 Å². The third-order valence-corrected chi connectivity index (χ3v) is 6.67. The number of aromatic hydroxyl groups is 1. The fraction of sp³-hybridized carbons (Fsp3) is 0.417. The van der Waals surface area contributed by atoms with Crippen molar-refractivity contribution in [2.75, 3.05) is 0 Å². The number of rotatable bonds is 4. The van der Waals surface area contributed by atoms with Crippen molar-refractivity contribution in [3.8, 4) is 17.1 Å². The number of fused-ring (bicyclic) bond motifs is 1. The first-order valence-electron chi connectivity index (χ1n) is 10.5. The second-order valence-corrected chi connectivity index (χ2v) is 8.55. The molecule has 2 aromatic heterocycles. The summed E-state index contributed by atoms with van der Waals surface area (Å²) < 4.78 is 15.5. The second-order valence-electron chi connectivity index (χ2n) is 8.55. The Morgan fingerprint density at radius 3 is 2.80 bits per heavy atom. The van der Waals surface area contributed by atoms with Gasteiger partial charge >= 0.3 is 0 Å². The molecule has 0 amide bonds. The van der Waals surface area contributed by atoms with Gasteiger partial charge in [0.15, 0.2) is 5.82 Å². The number of nitrogens with zero attached hydrogens (tertiary/aromatic N) is 4. The van der Waals surface area contributed by atoms with Gasteiger partial charge in [0.25, 0.3) is 0 Å². The molecule has 0 unspecified atom stereocenters. The molecule has 1 N–H and O–H groups in total. The zero-order valence-corrected chi connectivity index (χ0v) is 17.5. The van der Waals surface area contributed by atoms with Crippen LogP contribution in [0.2, 0.25) is 0 Å². The molecule has 0 bridgehead atoms. The maximum Gasteiger partial charge on any atom is 0.185 e. The van der Waals surface area contributed by atoms with Crippen LogP contribution in [0.15, 0.2) is 43.4 Å². The van der Waals surface area contributed by atoms with Crippen LogP contribution in [-0.4, -0.2) is 31.4 Å². The van der Waals surface area contributed by atoms with E-state index in [4.69, 9.17) is 0 Å². The molecule has 0 radical (unpaired) electrons. The molecule has 1 aromatic carbocycles. The van der Waals surface area contributed by atoms with Gasteiger partial charge in [-0.05, 0) is 53.8 Å². The molecule has 1 aliphatic carbocycles. The van der Waals surface area contributed by atoms with Gasteiger partial charge in [-0.3, -0.25) is 4.98 Å². The third-order valence-electron chi connectivity index (χ3n) is 6.67. The molecule has 6 heteroatoms. The van der Waals surface area contributed by atoms with Crippen LogP contribution in [0.3, 0.4) is 0 Å². The first-order chi connectivity index (χ1) is 14.4. The molecule has 4 rings (SSSR count). The summed E-state index contributed by atoms with van der Waals surface area (Å²) >= 11 is 0. The predicted molar refractivity (Wildman–Crippen MR) is 117 cm³/mol. The minimum atomic E-state index is -0.961. The zero-order chi connectivity index (χ0) is 21.3. The molecule has 3 aromatic rings. The lowest BCUT2D eigenvalue weighted by Gasteiger charge is -2.35.